The summed E-state index contributed by atoms with van der Waals surface area (Å²) in [5.74, 6) is 0.655. The molecule has 162 valence electrons. The van der Waals surface area contributed by atoms with Crippen LogP contribution in [0.4, 0.5) is 0 Å². The van der Waals surface area contributed by atoms with Crippen molar-refractivity contribution in [1.29, 1.82) is 0 Å². The van der Waals surface area contributed by atoms with Crippen molar-refractivity contribution in [2.45, 2.75) is 45.3 Å². The number of nitrogens with one attached hydrogen (secondary N) is 1. The molecule has 0 radical (unpaired) electrons. The van der Waals surface area contributed by atoms with Crippen molar-refractivity contribution < 1.29 is 14.4 Å². The van der Waals surface area contributed by atoms with E-state index in [2.05, 4.69) is 20.1 Å². The Morgan fingerprint density at radius 1 is 0.938 bits per heavy atom. The number of benzene rings is 2. The van der Waals surface area contributed by atoms with Crippen molar-refractivity contribution in [2.24, 2.45) is 0 Å². The molecule has 0 saturated carbocycles. The van der Waals surface area contributed by atoms with Gasteiger partial charge in [-0.1, -0.05) is 36.8 Å². The number of hydrogen-bond acceptors (Lipinski definition) is 5. The minimum Gasteiger partial charge on any atom is -0.345 e. The molecule has 8 nitrogen and oxygen atoms in total. The van der Waals surface area contributed by atoms with E-state index in [0.717, 1.165) is 43.0 Å². The zero-order valence-electron chi connectivity index (χ0n) is 17.6. The van der Waals surface area contributed by atoms with Gasteiger partial charge in [-0.25, -0.2) is 0 Å². The molecule has 2 aromatic carbocycles. The zero-order chi connectivity index (χ0) is 22.1. The highest BCUT2D eigenvalue weighted by molar-refractivity contribution is 6.22. The maximum Gasteiger partial charge on any atom is 0.261 e. The minimum atomic E-state index is -0.383. The van der Waals surface area contributed by atoms with Gasteiger partial charge in [0, 0.05) is 18.5 Å². The van der Waals surface area contributed by atoms with Crippen LogP contribution in [0.1, 0.15) is 67.5 Å². The Labute approximate surface area is 185 Å². The molecule has 5 rings (SSSR count). The molecule has 32 heavy (non-hydrogen) atoms. The molecular formula is C24H23N5O3. The van der Waals surface area contributed by atoms with E-state index in [-0.39, 0.29) is 36.4 Å². The van der Waals surface area contributed by atoms with Crippen molar-refractivity contribution in [2.75, 3.05) is 0 Å². The van der Waals surface area contributed by atoms with Crippen LogP contribution >= 0.6 is 0 Å². The van der Waals surface area contributed by atoms with Crippen LogP contribution in [-0.4, -0.2) is 37.4 Å². The lowest BCUT2D eigenvalue weighted by Gasteiger charge is -2.13. The molecule has 2 aliphatic heterocycles. The molecule has 8 heteroatoms. The summed E-state index contributed by atoms with van der Waals surface area (Å²) in [5.41, 5.74) is 1.79. The molecule has 3 amide bonds. The van der Waals surface area contributed by atoms with Crippen LogP contribution in [0.25, 0.3) is 0 Å². The summed E-state index contributed by atoms with van der Waals surface area (Å²) < 4.78 is 2.08. The van der Waals surface area contributed by atoms with E-state index in [9.17, 15) is 14.4 Å². The van der Waals surface area contributed by atoms with E-state index in [1.807, 2.05) is 30.3 Å². The second kappa shape index (κ2) is 8.37. The lowest BCUT2D eigenvalue weighted by molar-refractivity contribution is 0.0642. The average Bonchev–Trinajstić information content (AvgIpc) is 3.19. The summed E-state index contributed by atoms with van der Waals surface area (Å²) in [6.45, 7) is 1.32. The number of aromatic nitrogens is 3. The second-order valence-electron chi connectivity index (χ2n) is 8.12. The first kappa shape index (κ1) is 20.1. The van der Waals surface area contributed by atoms with Gasteiger partial charge in [0.1, 0.15) is 5.82 Å². The molecule has 0 fully saturated rings. The van der Waals surface area contributed by atoms with Crippen molar-refractivity contribution in [3.05, 3.63) is 82.4 Å². The van der Waals surface area contributed by atoms with Gasteiger partial charge in [0.05, 0.1) is 24.2 Å². The molecule has 1 aromatic heterocycles. The van der Waals surface area contributed by atoms with Gasteiger partial charge in [-0.2, -0.15) is 0 Å². The molecule has 3 aromatic rings. The first-order valence-corrected chi connectivity index (χ1v) is 10.8. The molecule has 3 heterocycles. The Bertz CT molecular complexity index is 1200. The Morgan fingerprint density at radius 2 is 1.75 bits per heavy atom. The Hall–Kier alpha value is -3.81. The summed E-state index contributed by atoms with van der Waals surface area (Å²) >= 11 is 0. The van der Waals surface area contributed by atoms with Crippen LogP contribution in [0.2, 0.25) is 0 Å². The molecule has 0 bridgehead atoms. The Balaban J connectivity index is 1.30. The zero-order valence-corrected chi connectivity index (χ0v) is 17.6. The number of nitrogens with zero attached hydrogens (tertiary/aromatic N) is 4. The van der Waals surface area contributed by atoms with E-state index >= 15 is 0 Å². The van der Waals surface area contributed by atoms with Crippen molar-refractivity contribution >= 4 is 17.7 Å². The van der Waals surface area contributed by atoms with Gasteiger partial charge in [0.25, 0.3) is 17.7 Å². The average molecular weight is 429 g/mol. The molecule has 1 N–H and O–H groups in total. The monoisotopic (exact) mass is 429 g/mol. The summed E-state index contributed by atoms with van der Waals surface area (Å²) in [4.78, 5) is 39.6. The van der Waals surface area contributed by atoms with Gasteiger partial charge in [-0.3, -0.25) is 19.3 Å². The number of carbonyl (C=O) groups is 3. The smallest absolute Gasteiger partial charge is 0.261 e. The highest BCUT2D eigenvalue weighted by atomic mass is 16.2. The normalized spacial score (nSPS) is 15.3. The van der Waals surface area contributed by atoms with E-state index in [1.54, 1.807) is 12.1 Å². The SMILES string of the molecule is O=C(NCc1nnc2n1CCCCC2)c1ccc2c(c1)C(=O)N(Cc1ccccc1)C2=O. The predicted octanol–water partition coefficient (Wildman–Crippen LogP) is 2.73. The molecule has 2 aliphatic rings. The standard InChI is InChI=1S/C24H23N5O3/c30-22(25-14-21-27-26-20-9-5-2-6-12-28(20)21)17-10-11-18-19(13-17)24(32)29(23(18)31)15-16-7-3-1-4-8-16/h1,3-4,7-8,10-11,13H,2,5-6,9,12,14-15H2,(H,25,30). The third kappa shape index (κ3) is 3.68. The molecule has 0 spiro atoms. The highest BCUT2D eigenvalue weighted by Gasteiger charge is 2.36. The lowest BCUT2D eigenvalue weighted by atomic mass is 10.1. The first-order valence-electron chi connectivity index (χ1n) is 10.8. The van der Waals surface area contributed by atoms with Crippen molar-refractivity contribution in [3.8, 4) is 0 Å². The van der Waals surface area contributed by atoms with Crippen LogP contribution in [0, 0.1) is 0 Å². The molecule has 0 aliphatic carbocycles. The fraction of sp³-hybridized carbons (Fsp3) is 0.292. The Morgan fingerprint density at radius 3 is 2.59 bits per heavy atom. The van der Waals surface area contributed by atoms with Gasteiger partial charge in [-0.15, -0.1) is 10.2 Å². The summed E-state index contributed by atoms with van der Waals surface area (Å²) in [7, 11) is 0. The maximum absolute atomic E-state index is 12.9. The summed E-state index contributed by atoms with van der Waals surface area (Å²) in [5, 5.41) is 11.3. The van der Waals surface area contributed by atoms with E-state index in [4.69, 9.17) is 0 Å². The third-order valence-corrected chi connectivity index (χ3v) is 6.01. The highest BCUT2D eigenvalue weighted by Crippen LogP contribution is 2.26. The van der Waals surface area contributed by atoms with E-state index < -0.39 is 0 Å². The lowest BCUT2D eigenvalue weighted by Crippen LogP contribution is -2.29. The molecule has 0 saturated heterocycles. The van der Waals surface area contributed by atoms with Crippen molar-refractivity contribution in [1.82, 2.24) is 25.0 Å². The second-order valence-corrected chi connectivity index (χ2v) is 8.12. The number of amides is 3. The number of carbonyl (C=O) groups excluding carboxylic acids is 3. The van der Waals surface area contributed by atoms with Gasteiger partial charge in [0.2, 0.25) is 0 Å². The fourth-order valence-electron chi connectivity index (χ4n) is 4.28. The van der Waals surface area contributed by atoms with E-state index in [1.165, 1.54) is 17.4 Å². The topological polar surface area (TPSA) is 97.2 Å². The number of hydrogen-bond donors (Lipinski definition) is 1. The van der Waals surface area contributed by atoms with Gasteiger partial charge < -0.3 is 9.88 Å². The van der Waals surface area contributed by atoms with Crippen molar-refractivity contribution in [3.63, 3.8) is 0 Å². The largest absolute Gasteiger partial charge is 0.345 e. The molecule has 0 atom stereocenters. The summed E-state index contributed by atoms with van der Waals surface area (Å²) in [6.07, 6.45) is 4.25. The number of imide groups is 1. The Kier molecular flexibility index (Phi) is 5.26. The number of fused-ring (bicyclic) bond motifs is 2. The van der Waals surface area contributed by atoms with Gasteiger partial charge in [0.15, 0.2) is 5.82 Å². The van der Waals surface area contributed by atoms with Crippen LogP contribution in [0.3, 0.4) is 0 Å². The summed E-state index contributed by atoms with van der Waals surface area (Å²) in [6, 6.07) is 14.0. The number of rotatable bonds is 5. The van der Waals surface area contributed by atoms with Crippen LogP contribution in [0.5, 0.6) is 0 Å². The first-order chi connectivity index (χ1) is 15.6. The minimum absolute atomic E-state index is 0.201. The van der Waals surface area contributed by atoms with Gasteiger partial charge >= 0.3 is 0 Å². The van der Waals surface area contributed by atoms with E-state index in [0.29, 0.717) is 11.1 Å². The van der Waals surface area contributed by atoms with Gasteiger partial charge in [-0.05, 0) is 36.6 Å². The van der Waals surface area contributed by atoms with Crippen LogP contribution in [-0.2, 0) is 26.1 Å². The molecule has 0 unspecified atom stereocenters. The van der Waals surface area contributed by atoms with Crippen LogP contribution < -0.4 is 5.32 Å². The predicted molar refractivity (Wildman–Crippen MR) is 116 cm³/mol. The third-order valence-electron chi connectivity index (χ3n) is 6.01. The number of aryl methyl sites for hydroxylation is 1. The quantitative estimate of drug-likeness (QED) is 0.629. The maximum atomic E-state index is 12.9. The fourth-order valence-corrected chi connectivity index (χ4v) is 4.28. The molecular weight excluding hydrogens is 406 g/mol. The van der Waals surface area contributed by atoms with Crippen LogP contribution in [0.15, 0.2) is 48.5 Å².